The summed E-state index contributed by atoms with van der Waals surface area (Å²) in [7, 11) is 0. The normalized spacial score (nSPS) is 18.2. The van der Waals surface area contributed by atoms with Gasteiger partial charge in [0.1, 0.15) is 5.75 Å². The highest BCUT2D eigenvalue weighted by molar-refractivity contribution is 7.80. The van der Waals surface area contributed by atoms with Crippen LogP contribution < -0.4 is 10.2 Å². The summed E-state index contributed by atoms with van der Waals surface area (Å²) < 4.78 is 2.07. The zero-order valence-corrected chi connectivity index (χ0v) is 18.0. The van der Waals surface area contributed by atoms with Crippen molar-refractivity contribution in [2.45, 2.75) is 12.1 Å². The maximum atomic E-state index is 10.6. The molecule has 0 unspecified atom stereocenters. The van der Waals surface area contributed by atoms with Crippen LogP contribution in [-0.4, -0.2) is 19.8 Å². The lowest BCUT2D eigenvalue weighted by atomic mass is 9.98. The molecule has 154 valence electrons. The second-order valence-corrected chi connectivity index (χ2v) is 8.14. The fourth-order valence-electron chi connectivity index (χ4n) is 3.99. The maximum absolute atomic E-state index is 10.6. The monoisotopic (exact) mass is 446 g/mol. The lowest BCUT2D eigenvalue weighted by Crippen LogP contribution is -2.29. The van der Waals surface area contributed by atoms with Gasteiger partial charge in [-0.3, -0.25) is 4.98 Å². The number of nitrogens with zero attached hydrogens (tertiary/aromatic N) is 3. The van der Waals surface area contributed by atoms with Crippen LogP contribution in [0.15, 0.2) is 91.4 Å². The van der Waals surface area contributed by atoms with Gasteiger partial charge >= 0.3 is 0 Å². The number of para-hydroxylation sites is 1. The molecule has 2 atom stereocenters. The highest BCUT2D eigenvalue weighted by Gasteiger charge is 2.42. The molecule has 0 saturated carbocycles. The van der Waals surface area contributed by atoms with Crippen molar-refractivity contribution in [2.24, 2.45) is 0 Å². The molecule has 1 fully saturated rings. The molecule has 0 amide bonds. The number of hydrogen-bond acceptors (Lipinski definition) is 3. The Morgan fingerprint density at radius 1 is 1.00 bits per heavy atom. The number of pyridine rings is 1. The van der Waals surface area contributed by atoms with E-state index in [0.29, 0.717) is 15.8 Å². The fraction of sp³-hybridized carbons (Fsp3) is 0.0833. The number of anilines is 1. The van der Waals surface area contributed by atoms with Crippen molar-refractivity contribution in [1.29, 1.82) is 0 Å². The predicted octanol–water partition coefficient (Wildman–Crippen LogP) is 5.41. The van der Waals surface area contributed by atoms with E-state index in [1.807, 2.05) is 47.5 Å². The number of aromatic nitrogens is 2. The van der Waals surface area contributed by atoms with Crippen molar-refractivity contribution in [1.82, 2.24) is 14.9 Å². The molecular formula is C24H19ClN4OS. The number of halogens is 1. The first-order valence-electron chi connectivity index (χ1n) is 9.84. The van der Waals surface area contributed by atoms with Crippen LogP contribution in [0.5, 0.6) is 5.75 Å². The third-order valence-electron chi connectivity index (χ3n) is 5.41. The molecule has 0 radical (unpaired) electrons. The molecular weight excluding hydrogens is 428 g/mol. The van der Waals surface area contributed by atoms with Crippen LogP contribution in [0.25, 0.3) is 5.69 Å². The quantitative estimate of drug-likeness (QED) is 0.410. The van der Waals surface area contributed by atoms with Crippen LogP contribution in [0.1, 0.15) is 23.3 Å². The van der Waals surface area contributed by atoms with E-state index in [1.54, 1.807) is 24.4 Å². The SMILES string of the molecule is Oc1ccc(Cl)cc1N1C(=S)N[C@H](c2ccccn2)[C@@H]1c1ccn(-c2ccccc2)c1. The van der Waals surface area contributed by atoms with Crippen molar-refractivity contribution in [2.75, 3.05) is 4.90 Å². The average molecular weight is 447 g/mol. The molecule has 0 aliphatic carbocycles. The van der Waals surface area contributed by atoms with E-state index >= 15 is 0 Å². The Kier molecular flexibility index (Phi) is 5.10. The molecule has 2 aromatic heterocycles. The van der Waals surface area contributed by atoms with Gasteiger partial charge in [0.25, 0.3) is 0 Å². The first kappa shape index (κ1) is 19.6. The molecule has 1 aliphatic heterocycles. The number of thiocarbonyl (C=S) groups is 1. The van der Waals surface area contributed by atoms with Crippen LogP contribution >= 0.6 is 23.8 Å². The van der Waals surface area contributed by atoms with Crippen LogP contribution in [0.4, 0.5) is 5.69 Å². The first-order chi connectivity index (χ1) is 15.1. The maximum Gasteiger partial charge on any atom is 0.174 e. The Bertz CT molecular complexity index is 1230. The molecule has 3 heterocycles. The Morgan fingerprint density at radius 2 is 1.81 bits per heavy atom. The summed E-state index contributed by atoms with van der Waals surface area (Å²) in [5.74, 6) is 0.114. The van der Waals surface area contributed by atoms with Gasteiger partial charge in [-0.15, -0.1) is 0 Å². The second-order valence-electron chi connectivity index (χ2n) is 7.32. The Balaban J connectivity index is 1.63. The number of aromatic hydroxyl groups is 1. The van der Waals surface area contributed by atoms with Crippen molar-refractivity contribution >= 4 is 34.6 Å². The van der Waals surface area contributed by atoms with E-state index in [4.69, 9.17) is 23.8 Å². The zero-order valence-electron chi connectivity index (χ0n) is 16.4. The number of phenols is 1. The van der Waals surface area contributed by atoms with E-state index in [9.17, 15) is 5.11 Å². The fourth-order valence-corrected chi connectivity index (χ4v) is 4.50. The molecule has 7 heteroatoms. The van der Waals surface area contributed by atoms with E-state index in [1.165, 1.54) is 0 Å². The van der Waals surface area contributed by atoms with Crippen LogP contribution in [0.2, 0.25) is 5.02 Å². The van der Waals surface area contributed by atoms with Crippen molar-refractivity contribution < 1.29 is 5.11 Å². The first-order valence-corrected chi connectivity index (χ1v) is 10.6. The van der Waals surface area contributed by atoms with Gasteiger partial charge in [0.15, 0.2) is 5.11 Å². The number of nitrogens with one attached hydrogen (secondary N) is 1. The minimum absolute atomic E-state index is 0.114. The molecule has 31 heavy (non-hydrogen) atoms. The molecule has 5 rings (SSSR count). The van der Waals surface area contributed by atoms with Gasteiger partial charge in [-0.2, -0.15) is 0 Å². The number of hydrogen-bond donors (Lipinski definition) is 2. The van der Waals surface area contributed by atoms with Gasteiger partial charge in [-0.05, 0) is 66.3 Å². The minimum Gasteiger partial charge on any atom is -0.506 e. The van der Waals surface area contributed by atoms with Gasteiger partial charge in [0.2, 0.25) is 0 Å². The highest BCUT2D eigenvalue weighted by atomic mass is 35.5. The summed E-state index contributed by atoms with van der Waals surface area (Å²) in [6.45, 7) is 0. The zero-order chi connectivity index (χ0) is 21.4. The van der Waals surface area contributed by atoms with E-state index in [2.05, 4.69) is 39.3 Å². The summed E-state index contributed by atoms with van der Waals surface area (Å²) >= 11 is 12.0. The number of benzene rings is 2. The lowest BCUT2D eigenvalue weighted by Gasteiger charge is -2.28. The summed E-state index contributed by atoms with van der Waals surface area (Å²) in [6, 6.07) is 22.6. The summed E-state index contributed by atoms with van der Waals surface area (Å²) in [6.07, 6.45) is 5.88. The van der Waals surface area contributed by atoms with Crippen molar-refractivity contribution in [3.63, 3.8) is 0 Å². The summed E-state index contributed by atoms with van der Waals surface area (Å²) in [4.78, 5) is 6.48. The van der Waals surface area contributed by atoms with Gasteiger partial charge in [-0.1, -0.05) is 35.9 Å². The molecule has 2 N–H and O–H groups in total. The highest BCUT2D eigenvalue weighted by Crippen LogP contribution is 2.45. The van der Waals surface area contributed by atoms with Crippen molar-refractivity contribution in [3.05, 3.63) is 108 Å². The average Bonchev–Trinajstić information content (AvgIpc) is 3.41. The molecule has 2 aromatic carbocycles. The van der Waals surface area contributed by atoms with E-state index in [0.717, 1.165) is 16.9 Å². The molecule has 5 nitrogen and oxygen atoms in total. The van der Waals surface area contributed by atoms with Crippen molar-refractivity contribution in [3.8, 4) is 11.4 Å². The molecule has 1 saturated heterocycles. The van der Waals surface area contributed by atoms with Gasteiger partial charge < -0.3 is 19.9 Å². The number of phenolic OH excluding ortho intramolecular Hbond substituents is 1. The summed E-state index contributed by atoms with van der Waals surface area (Å²) in [5.41, 5.74) is 3.52. The third-order valence-corrected chi connectivity index (χ3v) is 5.96. The van der Waals surface area contributed by atoms with Gasteiger partial charge in [0, 0.05) is 29.3 Å². The van der Waals surface area contributed by atoms with Crippen LogP contribution in [0, 0.1) is 0 Å². The van der Waals surface area contributed by atoms with Gasteiger partial charge in [-0.25, -0.2) is 0 Å². The smallest absolute Gasteiger partial charge is 0.174 e. The predicted molar refractivity (Wildman–Crippen MR) is 127 cm³/mol. The van der Waals surface area contributed by atoms with Crippen LogP contribution in [-0.2, 0) is 0 Å². The lowest BCUT2D eigenvalue weighted by molar-refractivity contribution is 0.473. The Labute approximate surface area is 190 Å². The molecule has 1 aliphatic rings. The molecule has 0 bridgehead atoms. The molecule has 4 aromatic rings. The standard InChI is InChI=1S/C24H19ClN4OS/c25-17-9-10-21(30)20(14-17)29-23(22(27-24(29)31)19-8-4-5-12-26-19)16-11-13-28(15-16)18-6-2-1-3-7-18/h1-15,22-23,30H,(H,27,31)/t22-,23+/m1/s1. The third kappa shape index (κ3) is 3.65. The number of rotatable bonds is 4. The Hall–Kier alpha value is -3.35. The minimum atomic E-state index is -0.225. The van der Waals surface area contributed by atoms with Gasteiger partial charge in [0.05, 0.1) is 23.5 Å². The second kappa shape index (κ2) is 8.06. The topological polar surface area (TPSA) is 53.3 Å². The van der Waals surface area contributed by atoms with E-state index < -0.39 is 0 Å². The summed E-state index contributed by atoms with van der Waals surface area (Å²) in [5, 5.41) is 15.0. The Morgan fingerprint density at radius 3 is 2.58 bits per heavy atom. The van der Waals surface area contributed by atoms with E-state index in [-0.39, 0.29) is 17.8 Å². The molecule has 0 spiro atoms. The largest absolute Gasteiger partial charge is 0.506 e. The van der Waals surface area contributed by atoms with Crippen LogP contribution in [0.3, 0.4) is 0 Å².